The van der Waals surface area contributed by atoms with Crippen LogP contribution in [0.25, 0.3) is 0 Å². The number of carbonyl (C=O) groups excluding carboxylic acids is 1. The number of para-hydroxylation sites is 1. The molecule has 0 spiro atoms. The van der Waals surface area contributed by atoms with E-state index in [1.54, 1.807) is 7.11 Å². The molecule has 1 heterocycles. The summed E-state index contributed by atoms with van der Waals surface area (Å²) in [6.45, 7) is 5.27. The number of hydrogen-bond acceptors (Lipinski definition) is 5. The van der Waals surface area contributed by atoms with Gasteiger partial charge in [0.2, 0.25) is 0 Å². The van der Waals surface area contributed by atoms with Crippen molar-refractivity contribution < 1.29 is 14.3 Å². The maximum atomic E-state index is 12.0. The molecule has 110 valence electrons. The molecule has 1 aromatic carbocycles. The van der Waals surface area contributed by atoms with E-state index in [0.29, 0.717) is 19.7 Å². The molecule has 0 saturated carbocycles. The summed E-state index contributed by atoms with van der Waals surface area (Å²) in [5, 5.41) is 3.24. The van der Waals surface area contributed by atoms with E-state index in [1.165, 1.54) is 0 Å². The molecule has 1 atom stereocenters. The molecule has 1 aliphatic rings. The number of nitrogens with zero attached hydrogens (tertiary/aromatic N) is 1. The molecule has 0 radical (unpaired) electrons. The van der Waals surface area contributed by atoms with Crippen molar-refractivity contribution in [1.29, 1.82) is 0 Å². The molecule has 1 aromatic rings. The summed E-state index contributed by atoms with van der Waals surface area (Å²) in [7, 11) is 1.67. The van der Waals surface area contributed by atoms with Crippen molar-refractivity contribution in [1.82, 2.24) is 10.2 Å². The van der Waals surface area contributed by atoms with Crippen LogP contribution in [0.1, 0.15) is 12.5 Å². The van der Waals surface area contributed by atoms with Crippen LogP contribution in [-0.4, -0.2) is 50.3 Å². The molecule has 5 nitrogen and oxygen atoms in total. The standard InChI is InChI=1S/C15H22N2O3/c1-3-20-15(18)13-10-16-8-9-17(13)11-12-6-4-5-7-14(12)19-2/h4-7,13,16H,3,8-11H2,1-2H3. The van der Waals surface area contributed by atoms with Crippen LogP contribution in [0.5, 0.6) is 5.75 Å². The molecule has 20 heavy (non-hydrogen) atoms. The molecular weight excluding hydrogens is 256 g/mol. The highest BCUT2D eigenvalue weighted by Gasteiger charge is 2.30. The van der Waals surface area contributed by atoms with Crippen LogP contribution < -0.4 is 10.1 Å². The van der Waals surface area contributed by atoms with Gasteiger partial charge >= 0.3 is 5.97 Å². The summed E-state index contributed by atoms with van der Waals surface area (Å²) in [5.41, 5.74) is 1.09. The summed E-state index contributed by atoms with van der Waals surface area (Å²) >= 11 is 0. The first kappa shape index (κ1) is 14.8. The minimum Gasteiger partial charge on any atom is -0.496 e. The molecule has 5 heteroatoms. The Hall–Kier alpha value is -1.59. The highest BCUT2D eigenvalue weighted by Crippen LogP contribution is 2.21. The van der Waals surface area contributed by atoms with Gasteiger partial charge in [0.25, 0.3) is 0 Å². The van der Waals surface area contributed by atoms with E-state index in [4.69, 9.17) is 9.47 Å². The van der Waals surface area contributed by atoms with E-state index >= 15 is 0 Å². The Morgan fingerprint density at radius 3 is 3.00 bits per heavy atom. The summed E-state index contributed by atoms with van der Waals surface area (Å²) in [6, 6.07) is 7.68. The second kappa shape index (κ2) is 7.26. The fourth-order valence-corrected chi connectivity index (χ4v) is 2.46. The van der Waals surface area contributed by atoms with Crippen LogP contribution in [-0.2, 0) is 16.1 Å². The third-order valence-electron chi connectivity index (χ3n) is 3.48. The second-order valence-corrected chi connectivity index (χ2v) is 4.75. The normalized spacial score (nSPS) is 19.6. The Morgan fingerprint density at radius 2 is 2.25 bits per heavy atom. The van der Waals surface area contributed by atoms with Crippen LogP contribution in [0.2, 0.25) is 0 Å². The van der Waals surface area contributed by atoms with Gasteiger partial charge in [0.15, 0.2) is 0 Å². The number of methoxy groups -OCH3 is 1. The lowest BCUT2D eigenvalue weighted by Gasteiger charge is -2.34. The SMILES string of the molecule is CCOC(=O)C1CNCCN1Cc1ccccc1OC. The number of carbonyl (C=O) groups is 1. The largest absolute Gasteiger partial charge is 0.496 e. The van der Waals surface area contributed by atoms with Crippen molar-refractivity contribution in [3.63, 3.8) is 0 Å². The van der Waals surface area contributed by atoms with Crippen LogP contribution in [0.15, 0.2) is 24.3 Å². The Bertz CT molecular complexity index is 450. The van der Waals surface area contributed by atoms with Gasteiger partial charge in [-0.3, -0.25) is 9.69 Å². The van der Waals surface area contributed by atoms with Crippen molar-refractivity contribution in [2.24, 2.45) is 0 Å². The number of hydrogen-bond donors (Lipinski definition) is 1. The summed E-state index contributed by atoms with van der Waals surface area (Å²) in [5.74, 6) is 0.697. The summed E-state index contributed by atoms with van der Waals surface area (Å²) in [6.07, 6.45) is 0. The Morgan fingerprint density at radius 1 is 1.45 bits per heavy atom. The molecule has 1 unspecified atom stereocenters. The van der Waals surface area contributed by atoms with Crippen molar-refractivity contribution in [3.05, 3.63) is 29.8 Å². The van der Waals surface area contributed by atoms with Gasteiger partial charge in [0, 0.05) is 31.7 Å². The van der Waals surface area contributed by atoms with E-state index in [9.17, 15) is 4.79 Å². The first-order chi connectivity index (χ1) is 9.76. The number of benzene rings is 1. The van der Waals surface area contributed by atoms with Gasteiger partial charge in [-0.1, -0.05) is 18.2 Å². The molecule has 0 amide bonds. The molecule has 0 aromatic heterocycles. The molecule has 1 saturated heterocycles. The van der Waals surface area contributed by atoms with Crippen molar-refractivity contribution >= 4 is 5.97 Å². The predicted molar refractivity (Wildman–Crippen MR) is 76.7 cm³/mol. The average Bonchev–Trinajstić information content (AvgIpc) is 2.48. The van der Waals surface area contributed by atoms with Crippen molar-refractivity contribution in [2.75, 3.05) is 33.4 Å². The summed E-state index contributed by atoms with van der Waals surface area (Å²) < 4.78 is 10.5. The van der Waals surface area contributed by atoms with Gasteiger partial charge in [0.05, 0.1) is 13.7 Å². The number of esters is 1. The van der Waals surface area contributed by atoms with Gasteiger partial charge in [-0.25, -0.2) is 0 Å². The lowest BCUT2D eigenvalue weighted by atomic mass is 10.1. The zero-order valence-electron chi connectivity index (χ0n) is 12.1. The molecule has 0 bridgehead atoms. The Balaban J connectivity index is 2.10. The molecule has 0 aliphatic carbocycles. The van der Waals surface area contributed by atoms with Crippen LogP contribution in [0.3, 0.4) is 0 Å². The maximum Gasteiger partial charge on any atom is 0.324 e. The fraction of sp³-hybridized carbons (Fsp3) is 0.533. The van der Waals surface area contributed by atoms with E-state index in [0.717, 1.165) is 24.4 Å². The van der Waals surface area contributed by atoms with E-state index < -0.39 is 0 Å². The number of piperazine rings is 1. The van der Waals surface area contributed by atoms with Crippen LogP contribution in [0, 0.1) is 0 Å². The first-order valence-corrected chi connectivity index (χ1v) is 6.99. The Kier molecular flexibility index (Phi) is 5.38. The molecule has 1 N–H and O–H groups in total. The summed E-state index contributed by atoms with van der Waals surface area (Å²) in [4.78, 5) is 14.2. The van der Waals surface area contributed by atoms with Crippen molar-refractivity contribution in [2.45, 2.75) is 19.5 Å². The average molecular weight is 278 g/mol. The van der Waals surface area contributed by atoms with E-state index in [-0.39, 0.29) is 12.0 Å². The number of ether oxygens (including phenoxy) is 2. The Labute approximate surface area is 119 Å². The zero-order valence-corrected chi connectivity index (χ0v) is 12.1. The third-order valence-corrected chi connectivity index (χ3v) is 3.48. The number of rotatable bonds is 5. The van der Waals surface area contributed by atoms with Gasteiger partial charge in [-0.05, 0) is 13.0 Å². The monoisotopic (exact) mass is 278 g/mol. The predicted octanol–water partition coefficient (Wildman–Crippen LogP) is 1.03. The maximum absolute atomic E-state index is 12.0. The molecule has 2 rings (SSSR count). The van der Waals surface area contributed by atoms with Crippen molar-refractivity contribution in [3.8, 4) is 5.75 Å². The van der Waals surface area contributed by atoms with Gasteiger partial charge in [-0.2, -0.15) is 0 Å². The quantitative estimate of drug-likeness (QED) is 0.815. The molecule has 1 aliphatic heterocycles. The van der Waals surface area contributed by atoms with Gasteiger partial charge in [-0.15, -0.1) is 0 Å². The van der Waals surface area contributed by atoms with E-state index in [2.05, 4.69) is 10.2 Å². The smallest absolute Gasteiger partial charge is 0.324 e. The lowest BCUT2D eigenvalue weighted by Crippen LogP contribution is -2.54. The third kappa shape index (κ3) is 3.49. The highest BCUT2D eigenvalue weighted by atomic mass is 16.5. The molecular formula is C15H22N2O3. The zero-order chi connectivity index (χ0) is 14.4. The number of nitrogens with one attached hydrogen (secondary N) is 1. The lowest BCUT2D eigenvalue weighted by molar-refractivity contribution is -0.150. The minimum atomic E-state index is -0.228. The van der Waals surface area contributed by atoms with Gasteiger partial charge in [0.1, 0.15) is 11.8 Å². The highest BCUT2D eigenvalue weighted by molar-refractivity contribution is 5.76. The topological polar surface area (TPSA) is 50.8 Å². The van der Waals surface area contributed by atoms with Gasteiger partial charge < -0.3 is 14.8 Å². The van der Waals surface area contributed by atoms with E-state index in [1.807, 2.05) is 31.2 Å². The van der Waals surface area contributed by atoms with Crippen LogP contribution in [0.4, 0.5) is 0 Å². The minimum absolute atomic E-state index is 0.158. The first-order valence-electron chi connectivity index (χ1n) is 6.99. The molecule has 1 fully saturated rings. The fourth-order valence-electron chi connectivity index (χ4n) is 2.46. The second-order valence-electron chi connectivity index (χ2n) is 4.75. The van der Waals surface area contributed by atoms with Crippen LogP contribution >= 0.6 is 0 Å².